The molecular formula is C12H11ClN6. The van der Waals surface area contributed by atoms with Crippen molar-refractivity contribution in [2.75, 3.05) is 5.32 Å². The van der Waals surface area contributed by atoms with E-state index in [0.717, 1.165) is 11.3 Å². The van der Waals surface area contributed by atoms with E-state index in [9.17, 15) is 0 Å². The summed E-state index contributed by atoms with van der Waals surface area (Å²) >= 11 is 6.17. The van der Waals surface area contributed by atoms with Crippen LogP contribution in [0, 0.1) is 0 Å². The van der Waals surface area contributed by atoms with Crippen molar-refractivity contribution in [3.63, 3.8) is 0 Å². The smallest absolute Gasteiger partial charge is 0.199 e. The average molecular weight is 275 g/mol. The molecule has 7 heteroatoms. The van der Waals surface area contributed by atoms with E-state index in [4.69, 9.17) is 11.6 Å². The lowest BCUT2D eigenvalue weighted by atomic mass is 10.1. The Morgan fingerprint density at radius 3 is 2.95 bits per heavy atom. The van der Waals surface area contributed by atoms with E-state index in [0.29, 0.717) is 11.5 Å². The van der Waals surface area contributed by atoms with Gasteiger partial charge in [-0.15, -0.1) is 16.7 Å². The molecule has 1 N–H and O–H groups in total. The van der Waals surface area contributed by atoms with Crippen LogP contribution in [0.4, 0.5) is 11.5 Å². The summed E-state index contributed by atoms with van der Waals surface area (Å²) in [6.45, 7) is 1.93. The van der Waals surface area contributed by atoms with Crippen molar-refractivity contribution in [1.29, 1.82) is 0 Å². The van der Waals surface area contributed by atoms with E-state index < -0.39 is 0 Å². The Morgan fingerprint density at radius 1 is 1.26 bits per heavy atom. The molecule has 2 heterocycles. The number of fused-ring (bicyclic) bond motifs is 1. The molecule has 0 spiro atoms. The molecule has 0 aliphatic heterocycles. The molecule has 1 unspecified atom stereocenters. The van der Waals surface area contributed by atoms with Crippen LogP contribution < -0.4 is 5.32 Å². The van der Waals surface area contributed by atoms with Gasteiger partial charge in [-0.05, 0) is 29.0 Å². The predicted octanol–water partition coefficient (Wildman–Crippen LogP) is 2.56. The van der Waals surface area contributed by atoms with Crippen LogP contribution in [-0.4, -0.2) is 25.0 Å². The van der Waals surface area contributed by atoms with Crippen molar-refractivity contribution < 1.29 is 0 Å². The van der Waals surface area contributed by atoms with Gasteiger partial charge in [0.1, 0.15) is 0 Å². The lowest BCUT2D eigenvalue weighted by molar-refractivity contribution is 0.825. The normalized spacial score (nSPS) is 12.5. The highest BCUT2D eigenvalue weighted by Crippen LogP contribution is 2.29. The van der Waals surface area contributed by atoms with E-state index in [1.54, 1.807) is 16.9 Å². The third-order valence-corrected chi connectivity index (χ3v) is 3.00. The Hall–Kier alpha value is -2.21. The van der Waals surface area contributed by atoms with Gasteiger partial charge in [0.05, 0.1) is 17.8 Å². The van der Waals surface area contributed by atoms with Gasteiger partial charge < -0.3 is 5.32 Å². The van der Waals surface area contributed by atoms with Gasteiger partial charge in [-0.1, -0.05) is 18.2 Å². The molecule has 0 bridgehead atoms. The molecule has 0 saturated carbocycles. The molecule has 2 aromatic heterocycles. The first-order valence-electron chi connectivity index (χ1n) is 5.78. The van der Waals surface area contributed by atoms with Crippen LogP contribution in [0.2, 0.25) is 0 Å². The van der Waals surface area contributed by atoms with Crippen molar-refractivity contribution in [1.82, 2.24) is 25.0 Å². The van der Waals surface area contributed by atoms with E-state index in [1.165, 1.54) is 0 Å². The number of rotatable bonds is 3. The number of tetrazole rings is 1. The summed E-state index contributed by atoms with van der Waals surface area (Å²) in [5.74, 6) is 0.687. The molecule has 96 valence electrons. The fraction of sp³-hybridized carbons (Fsp3) is 0.167. The molecule has 1 aromatic carbocycles. The topological polar surface area (TPSA) is 68.0 Å². The average Bonchev–Trinajstić information content (AvgIpc) is 2.88. The molecule has 0 aliphatic rings. The quantitative estimate of drug-likeness (QED) is 0.744. The van der Waals surface area contributed by atoms with Crippen LogP contribution in [0.5, 0.6) is 0 Å². The molecule has 0 fully saturated rings. The van der Waals surface area contributed by atoms with Gasteiger partial charge in [0.15, 0.2) is 11.5 Å². The van der Waals surface area contributed by atoms with Gasteiger partial charge in [-0.2, -0.15) is 4.52 Å². The first kappa shape index (κ1) is 11.9. The number of hydrogen-bond donors (Lipinski definition) is 1. The molecule has 0 amide bonds. The number of alkyl halides is 1. The zero-order valence-electron chi connectivity index (χ0n) is 10.2. The Morgan fingerprint density at radius 2 is 2.11 bits per heavy atom. The van der Waals surface area contributed by atoms with Crippen LogP contribution in [0.25, 0.3) is 5.65 Å². The zero-order chi connectivity index (χ0) is 13.2. The Kier molecular flexibility index (Phi) is 3.00. The number of nitrogens with one attached hydrogen (secondary N) is 1. The van der Waals surface area contributed by atoms with Crippen LogP contribution in [0.1, 0.15) is 17.9 Å². The molecule has 1 atom stereocenters. The summed E-state index contributed by atoms with van der Waals surface area (Å²) in [5, 5.41) is 14.5. The maximum absolute atomic E-state index is 6.17. The lowest BCUT2D eigenvalue weighted by Gasteiger charge is -2.13. The van der Waals surface area contributed by atoms with Gasteiger partial charge in [0, 0.05) is 5.69 Å². The fourth-order valence-electron chi connectivity index (χ4n) is 1.86. The maximum atomic E-state index is 6.17. The number of halogens is 1. The molecule has 6 nitrogen and oxygen atoms in total. The zero-order valence-corrected chi connectivity index (χ0v) is 10.9. The molecular weight excluding hydrogens is 264 g/mol. The molecule has 0 radical (unpaired) electrons. The molecule has 0 saturated heterocycles. The second-order valence-corrected chi connectivity index (χ2v) is 4.72. The summed E-state index contributed by atoms with van der Waals surface area (Å²) in [5.41, 5.74) is 2.51. The van der Waals surface area contributed by atoms with Gasteiger partial charge in [-0.3, -0.25) is 4.98 Å². The summed E-state index contributed by atoms with van der Waals surface area (Å²) in [7, 11) is 0. The van der Waals surface area contributed by atoms with E-state index in [1.807, 2.05) is 31.2 Å². The largest absolute Gasteiger partial charge is 0.338 e. The number of anilines is 2. The number of hydrogen-bond acceptors (Lipinski definition) is 5. The van der Waals surface area contributed by atoms with Gasteiger partial charge in [0.25, 0.3) is 0 Å². The van der Waals surface area contributed by atoms with Crippen LogP contribution in [0.3, 0.4) is 0 Å². The number of nitrogens with zero attached hydrogens (tertiary/aromatic N) is 5. The van der Waals surface area contributed by atoms with E-state index in [2.05, 4.69) is 25.8 Å². The minimum Gasteiger partial charge on any atom is -0.338 e. The third kappa shape index (κ3) is 2.22. The lowest BCUT2D eigenvalue weighted by Crippen LogP contribution is -2.03. The summed E-state index contributed by atoms with van der Waals surface area (Å²) in [6.07, 6.45) is 3.26. The summed E-state index contributed by atoms with van der Waals surface area (Å²) in [4.78, 5) is 4.10. The first-order valence-corrected chi connectivity index (χ1v) is 6.21. The Balaban J connectivity index is 2.04. The van der Waals surface area contributed by atoms with Crippen LogP contribution in [0.15, 0.2) is 36.7 Å². The summed E-state index contributed by atoms with van der Waals surface area (Å²) < 4.78 is 1.59. The highest BCUT2D eigenvalue weighted by Gasteiger charge is 2.10. The fourth-order valence-corrected chi connectivity index (χ4v) is 2.05. The first-order chi connectivity index (χ1) is 9.25. The van der Waals surface area contributed by atoms with Gasteiger partial charge >= 0.3 is 0 Å². The second kappa shape index (κ2) is 4.81. The molecule has 0 aliphatic carbocycles. The maximum Gasteiger partial charge on any atom is 0.199 e. The van der Waals surface area contributed by atoms with Crippen molar-refractivity contribution in [2.45, 2.75) is 12.3 Å². The Labute approximate surface area is 114 Å². The number of aromatic nitrogens is 5. The van der Waals surface area contributed by atoms with Crippen molar-refractivity contribution in [2.24, 2.45) is 0 Å². The monoisotopic (exact) mass is 274 g/mol. The van der Waals surface area contributed by atoms with Crippen LogP contribution >= 0.6 is 11.6 Å². The Bertz CT molecular complexity index is 708. The number of benzene rings is 1. The second-order valence-electron chi connectivity index (χ2n) is 4.07. The number of para-hydroxylation sites is 1. The minimum absolute atomic E-state index is 0.0928. The van der Waals surface area contributed by atoms with Gasteiger partial charge in [0.2, 0.25) is 0 Å². The standard InChI is InChI=1S/C12H11ClN6/c1-8(13)9-4-2-3-5-10(9)15-11-6-14-7-12-16-17-18-19(11)12/h2-8,15H,1H3. The van der Waals surface area contributed by atoms with Gasteiger partial charge in [-0.25, -0.2) is 0 Å². The van der Waals surface area contributed by atoms with Crippen molar-refractivity contribution in [3.05, 3.63) is 42.2 Å². The van der Waals surface area contributed by atoms with E-state index >= 15 is 0 Å². The van der Waals surface area contributed by atoms with Crippen LogP contribution in [-0.2, 0) is 0 Å². The highest BCUT2D eigenvalue weighted by molar-refractivity contribution is 6.21. The molecule has 3 rings (SSSR count). The molecule has 3 aromatic rings. The highest BCUT2D eigenvalue weighted by atomic mass is 35.5. The predicted molar refractivity (Wildman–Crippen MR) is 72.6 cm³/mol. The SMILES string of the molecule is CC(Cl)c1ccccc1Nc1cncc2nnnn12. The van der Waals surface area contributed by atoms with Crippen molar-refractivity contribution in [3.8, 4) is 0 Å². The summed E-state index contributed by atoms with van der Waals surface area (Å²) in [6, 6.07) is 7.83. The third-order valence-electron chi connectivity index (χ3n) is 2.76. The van der Waals surface area contributed by atoms with E-state index in [-0.39, 0.29) is 5.38 Å². The minimum atomic E-state index is -0.0928. The molecule has 19 heavy (non-hydrogen) atoms. The van der Waals surface area contributed by atoms with Crippen molar-refractivity contribution >= 4 is 28.8 Å².